The average molecular weight is 488 g/mol. The molecule has 4 rings (SSSR count). The highest BCUT2D eigenvalue weighted by atomic mass is 16.7. The molecule has 2 aliphatic rings. The third-order valence-electron chi connectivity index (χ3n) is 6.06. The molecule has 192 valence electrons. The zero-order valence-electron chi connectivity index (χ0n) is 20.8. The maximum Gasteiger partial charge on any atom is 0.164 e. The summed E-state index contributed by atoms with van der Waals surface area (Å²) in [6, 6.07) is 7.77. The fourth-order valence-electron chi connectivity index (χ4n) is 4.26. The molecule has 2 fully saturated rings. The van der Waals surface area contributed by atoms with Gasteiger partial charge < -0.3 is 39.6 Å². The first-order chi connectivity index (χ1) is 17.1. The van der Waals surface area contributed by atoms with Crippen LogP contribution in [0.5, 0.6) is 5.75 Å². The van der Waals surface area contributed by atoms with Gasteiger partial charge in [-0.15, -0.1) is 0 Å². The number of benzene rings is 1. The molecule has 0 aliphatic carbocycles. The van der Waals surface area contributed by atoms with E-state index in [9.17, 15) is 5.11 Å². The quantitative estimate of drug-likeness (QED) is 0.434. The van der Waals surface area contributed by atoms with E-state index in [1.54, 1.807) is 7.05 Å². The number of aliphatic hydroxyl groups excluding tert-OH is 1. The summed E-state index contributed by atoms with van der Waals surface area (Å²) in [4.78, 5) is 12.1. The fourth-order valence-corrected chi connectivity index (χ4v) is 4.26. The minimum absolute atomic E-state index is 0.105. The molecule has 2 saturated heterocycles. The van der Waals surface area contributed by atoms with Crippen LogP contribution in [0.4, 0.5) is 11.6 Å². The van der Waals surface area contributed by atoms with Crippen molar-refractivity contribution in [1.29, 1.82) is 0 Å². The number of likely N-dealkylation sites (N-methyl/N-ethyl adjacent to an activating group) is 1. The van der Waals surface area contributed by atoms with E-state index in [1.807, 2.05) is 31.2 Å². The molecule has 2 aromatic rings. The number of morpholine rings is 1. The Kier molecular flexibility index (Phi) is 9.11. The normalized spacial score (nSPS) is 21.2. The highest BCUT2D eigenvalue weighted by Gasteiger charge is 2.28. The molecule has 3 unspecified atom stereocenters. The van der Waals surface area contributed by atoms with E-state index in [4.69, 9.17) is 28.9 Å². The van der Waals surface area contributed by atoms with Gasteiger partial charge >= 0.3 is 0 Å². The summed E-state index contributed by atoms with van der Waals surface area (Å²) in [7, 11) is 1.80. The number of aromatic nitrogens is 2. The zero-order chi connectivity index (χ0) is 24.6. The first kappa shape index (κ1) is 25.6. The topological polar surface area (TPSA) is 110 Å². The summed E-state index contributed by atoms with van der Waals surface area (Å²) in [5, 5.41) is 16.5. The summed E-state index contributed by atoms with van der Waals surface area (Å²) >= 11 is 0. The molecule has 35 heavy (non-hydrogen) atoms. The SMILES string of the molecule is CCOC1CC(Nc2nc(-c3cccc(OCC(O)CNC)c3)nc(N3CCOCC3)c2C)CO1. The molecule has 10 heteroatoms. The molecule has 0 saturated carbocycles. The van der Waals surface area contributed by atoms with Gasteiger partial charge in [0.05, 0.1) is 25.9 Å². The molecule has 0 amide bonds. The Bertz CT molecular complexity index is 956. The van der Waals surface area contributed by atoms with Gasteiger partial charge in [-0.2, -0.15) is 0 Å². The van der Waals surface area contributed by atoms with Crippen molar-refractivity contribution in [2.45, 2.75) is 38.7 Å². The van der Waals surface area contributed by atoms with E-state index in [-0.39, 0.29) is 18.9 Å². The highest BCUT2D eigenvalue weighted by molar-refractivity contribution is 5.67. The number of rotatable bonds is 11. The Morgan fingerprint density at radius 3 is 2.86 bits per heavy atom. The monoisotopic (exact) mass is 487 g/mol. The van der Waals surface area contributed by atoms with E-state index >= 15 is 0 Å². The molecule has 0 spiro atoms. The lowest BCUT2D eigenvalue weighted by Gasteiger charge is -2.30. The van der Waals surface area contributed by atoms with Gasteiger partial charge in [0, 0.05) is 43.8 Å². The van der Waals surface area contributed by atoms with Crippen LogP contribution in [0.25, 0.3) is 11.4 Å². The van der Waals surface area contributed by atoms with Crippen LogP contribution < -0.4 is 20.3 Å². The van der Waals surface area contributed by atoms with Gasteiger partial charge in [-0.25, -0.2) is 9.97 Å². The van der Waals surface area contributed by atoms with Crippen LogP contribution in [0.3, 0.4) is 0 Å². The summed E-state index contributed by atoms with van der Waals surface area (Å²) in [5.41, 5.74) is 1.84. The second-order valence-electron chi connectivity index (χ2n) is 8.79. The predicted octanol–water partition coefficient (Wildman–Crippen LogP) is 1.81. The number of ether oxygens (including phenoxy) is 4. The third kappa shape index (κ3) is 6.80. The van der Waals surface area contributed by atoms with Crippen molar-refractivity contribution < 1.29 is 24.1 Å². The Hall–Kier alpha value is -2.50. The molecule has 0 bridgehead atoms. The average Bonchev–Trinajstić information content (AvgIpc) is 3.32. The van der Waals surface area contributed by atoms with E-state index in [1.165, 1.54) is 0 Å². The first-order valence-electron chi connectivity index (χ1n) is 12.3. The molecule has 1 aromatic heterocycles. The van der Waals surface area contributed by atoms with Gasteiger partial charge in [-0.3, -0.25) is 0 Å². The molecular formula is C25H37N5O5. The third-order valence-corrected chi connectivity index (χ3v) is 6.06. The van der Waals surface area contributed by atoms with E-state index in [2.05, 4.69) is 22.5 Å². The molecule has 3 heterocycles. The highest BCUT2D eigenvalue weighted by Crippen LogP contribution is 2.31. The van der Waals surface area contributed by atoms with E-state index in [0.717, 1.165) is 42.3 Å². The van der Waals surface area contributed by atoms with Crippen molar-refractivity contribution in [3.63, 3.8) is 0 Å². The van der Waals surface area contributed by atoms with Crippen LogP contribution in [0.15, 0.2) is 24.3 Å². The van der Waals surface area contributed by atoms with E-state index < -0.39 is 6.10 Å². The van der Waals surface area contributed by atoms with Crippen LogP contribution >= 0.6 is 0 Å². The largest absolute Gasteiger partial charge is 0.491 e. The molecule has 10 nitrogen and oxygen atoms in total. The molecule has 1 aromatic carbocycles. The molecule has 0 radical (unpaired) electrons. The minimum atomic E-state index is -0.586. The molecule has 3 atom stereocenters. The maximum absolute atomic E-state index is 9.98. The fraction of sp³-hybridized carbons (Fsp3) is 0.600. The van der Waals surface area contributed by atoms with Crippen molar-refractivity contribution in [1.82, 2.24) is 15.3 Å². The minimum Gasteiger partial charge on any atom is -0.491 e. The van der Waals surface area contributed by atoms with Crippen LogP contribution in [0, 0.1) is 6.92 Å². The van der Waals surface area contributed by atoms with Crippen molar-refractivity contribution in [3.05, 3.63) is 29.8 Å². The predicted molar refractivity (Wildman–Crippen MR) is 134 cm³/mol. The Balaban J connectivity index is 1.60. The van der Waals surface area contributed by atoms with Gasteiger partial charge in [0.1, 0.15) is 30.1 Å². The van der Waals surface area contributed by atoms with Gasteiger partial charge in [0.2, 0.25) is 0 Å². The van der Waals surface area contributed by atoms with Gasteiger partial charge in [0.25, 0.3) is 0 Å². The van der Waals surface area contributed by atoms with Crippen molar-refractivity contribution in [2.75, 3.05) is 69.9 Å². The number of hydrogen-bond acceptors (Lipinski definition) is 10. The van der Waals surface area contributed by atoms with Crippen molar-refractivity contribution >= 4 is 11.6 Å². The van der Waals surface area contributed by atoms with Gasteiger partial charge in [0.15, 0.2) is 12.1 Å². The summed E-state index contributed by atoms with van der Waals surface area (Å²) in [5.74, 6) is 2.96. The first-order valence-corrected chi connectivity index (χ1v) is 12.3. The number of anilines is 2. The van der Waals surface area contributed by atoms with Crippen molar-refractivity contribution in [2.24, 2.45) is 0 Å². The Morgan fingerprint density at radius 1 is 1.26 bits per heavy atom. The lowest BCUT2D eigenvalue weighted by Crippen LogP contribution is -2.37. The number of aliphatic hydroxyl groups is 1. The smallest absolute Gasteiger partial charge is 0.164 e. The molecular weight excluding hydrogens is 450 g/mol. The second kappa shape index (κ2) is 12.5. The Labute approximate surface area is 206 Å². The number of nitrogens with one attached hydrogen (secondary N) is 2. The van der Waals surface area contributed by atoms with E-state index in [0.29, 0.717) is 44.5 Å². The lowest BCUT2D eigenvalue weighted by molar-refractivity contribution is -0.106. The maximum atomic E-state index is 9.98. The number of nitrogens with zero attached hydrogens (tertiary/aromatic N) is 3. The van der Waals surface area contributed by atoms with Crippen LogP contribution in [0.2, 0.25) is 0 Å². The van der Waals surface area contributed by atoms with Crippen LogP contribution in [0.1, 0.15) is 18.9 Å². The molecule has 2 aliphatic heterocycles. The summed E-state index contributed by atoms with van der Waals surface area (Å²) < 4.78 is 22.8. The molecule has 3 N–H and O–H groups in total. The summed E-state index contributed by atoms with van der Waals surface area (Å²) in [6.07, 6.45) is -0.0142. The summed E-state index contributed by atoms with van der Waals surface area (Å²) in [6.45, 7) is 8.78. The van der Waals surface area contributed by atoms with Crippen LogP contribution in [-0.2, 0) is 14.2 Å². The van der Waals surface area contributed by atoms with Gasteiger partial charge in [-0.1, -0.05) is 12.1 Å². The number of hydrogen-bond donors (Lipinski definition) is 3. The second-order valence-corrected chi connectivity index (χ2v) is 8.79. The standard InChI is InChI=1S/C25H37N5O5/c1-4-33-22-13-19(15-35-22)27-23-17(2)25(30-8-10-32-11-9-30)29-24(28-23)18-6-5-7-21(12-18)34-16-20(31)14-26-3/h5-7,12,19-20,22,26,31H,4,8-11,13-16H2,1-3H3,(H,27,28,29). The lowest BCUT2D eigenvalue weighted by atomic mass is 10.1. The Morgan fingerprint density at radius 2 is 2.09 bits per heavy atom. The van der Waals surface area contributed by atoms with Crippen molar-refractivity contribution in [3.8, 4) is 17.1 Å². The van der Waals surface area contributed by atoms with Gasteiger partial charge in [-0.05, 0) is 33.0 Å². The van der Waals surface area contributed by atoms with Crippen LogP contribution in [-0.4, -0.2) is 93.2 Å². The zero-order valence-corrected chi connectivity index (χ0v) is 20.8.